The monoisotopic (exact) mass is 246 g/mol. The molecule has 100 valence electrons. The van der Waals surface area contributed by atoms with Gasteiger partial charge in [-0.15, -0.1) is 0 Å². The summed E-state index contributed by atoms with van der Waals surface area (Å²) in [6.45, 7) is 8.80. The van der Waals surface area contributed by atoms with Gasteiger partial charge in [0.1, 0.15) is 5.75 Å². The predicted octanol–water partition coefficient (Wildman–Crippen LogP) is 5.16. The van der Waals surface area contributed by atoms with Crippen molar-refractivity contribution in [2.24, 2.45) is 0 Å². The molecule has 1 heteroatoms. The average molecular weight is 246 g/mol. The fourth-order valence-electron chi connectivity index (χ4n) is 2.42. The summed E-state index contributed by atoms with van der Waals surface area (Å²) in [6, 6.07) is 4.33. The van der Waals surface area contributed by atoms with Gasteiger partial charge in [-0.25, -0.2) is 0 Å². The van der Waals surface area contributed by atoms with E-state index in [4.69, 9.17) is 4.74 Å². The Bertz CT molecular complexity index is 404. The SMILES string of the molecule is CC/C=C\CC(CC)c1ccc(OC)c(C)c1C. The number of allylic oxidation sites excluding steroid dienone is 2. The Morgan fingerprint density at radius 1 is 1.11 bits per heavy atom. The molecule has 1 atom stereocenters. The second-order valence-electron chi connectivity index (χ2n) is 4.83. The van der Waals surface area contributed by atoms with E-state index < -0.39 is 0 Å². The summed E-state index contributed by atoms with van der Waals surface area (Å²) in [5.74, 6) is 1.62. The molecule has 0 radical (unpaired) electrons. The first-order chi connectivity index (χ1) is 8.65. The highest BCUT2D eigenvalue weighted by Gasteiger charge is 2.13. The van der Waals surface area contributed by atoms with E-state index in [2.05, 4.69) is 52.0 Å². The van der Waals surface area contributed by atoms with E-state index in [9.17, 15) is 0 Å². The molecule has 18 heavy (non-hydrogen) atoms. The van der Waals surface area contributed by atoms with Crippen molar-refractivity contribution in [2.75, 3.05) is 7.11 Å². The summed E-state index contributed by atoms with van der Waals surface area (Å²) in [4.78, 5) is 0. The molecule has 0 aromatic heterocycles. The molecule has 0 spiro atoms. The summed E-state index contributed by atoms with van der Waals surface area (Å²) >= 11 is 0. The zero-order chi connectivity index (χ0) is 13.5. The summed E-state index contributed by atoms with van der Waals surface area (Å²) < 4.78 is 5.38. The van der Waals surface area contributed by atoms with Crippen LogP contribution in [0, 0.1) is 13.8 Å². The molecule has 0 saturated carbocycles. The van der Waals surface area contributed by atoms with Crippen LogP contribution in [0.4, 0.5) is 0 Å². The maximum absolute atomic E-state index is 5.38. The molecule has 0 aliphatic carbocycles. The minimum atomic E-state index is 0.623. The lowest BCUT2D eigenvalue weighted by molar-refractivity contribution is 0.411. The van der Waals surface area contributed by atoms with Crippen LogP contribution >= 0.6 is 0 Å². The van der Waals surface area contributed by atoms with Gasteiger partial charge in [-0.1, -0.05) is 32.1 Å². The molecule has 0 fully saturated rings. The smallest absolute Gasteiger partial charge is 0.122 e. The van der Waals surface area contributed by atoms with Crippen LogP contribution in [0.2, 0.25) is 0 Å². The lowest BCUT2D eigenvalue weighted by Crippen LogP contribution is -2.02. The molecule has 1 aromatic carbocycles. The Hall–Kier alpha value is -1.24. The molecule has 1 nitrogen and oxygen atoms in total. The van der Waals surface area contributed by atoms with Crippen molar-refractivity contribution in [3.8, 4) is 5.75 Å². The van der Waals surface area contributed by atoms with Crippen LogP contribution < -0.4 is 4.74 Å². The molecule has 1 aromatic rings. The highest BCUT2D eigenvalue weighted by atomic mass is 16.5. The topological polar surface area (TPSA) is 9.23 Å². The zero-order valence-corrected chi connectivity index (χ0v) is 12.4. The van der Waals surface area contributed by atoms with E-state index in [-0.39, 0.29) is 0 Å². The molecule has 0 aliphatic heterocycles. The summed E-state index contributed by atoms with van der Waals surface area (Å²) in [6.07, 6.45) is 8.01. The van der Waals surface area contributed by atoms with Gasteiger partial charge in [0.05, 0.1) is 7.11 Å². The van der Waals surface area contributed by atoms with Gasteiger partial charge in [-0.05, 0) is 61.8 Å². The minimum absolute atomic E-state index is 0.623. The fraction of sp³-hybridized carbons (Fsp3) is 0.529. The van der Waals surface area contributed by atoms with Crippen LogP contribution in [-0.4, -0.2) is 7.11 Å². The van der Waals surface area contributed by atoms with E-state index >= 15 is 0 Å². The Kier molecular flexibility index (Phi) is 5.97. The first-order valence-electron chi connectivity index (χ1n) is 6.94. The van der Waals surface area contributed by atoms with E-state index in [1.54, 1.807) is 7.11 Å². The maximum atomic E-state index is 5.38. The van der Waals surface area contributed by atoms with Crippen LogP contribution in [0.1, 0.15) is 55.7 Å². The van der Waals surface area contributed by atoms with Gasteiger partial charge in [0.2, 0.25) is 0 Å². The van der Waals surface area contributed by atoms with Gasteiger partial charge in [-0.2, -0.15) is 0 Å². The van der Waals surface area contributed by atoms with Gasteiger partial charge in [0.15, 0.2) is 0 Å². The Morgan fingerprint density at radius 3 is 2.39 bits per heavy atom. The minimum Gasteiger partial charge on any atom is -0.496 e. The van der Waals surface area contributed by atoms with Gasteiger partial charge < -0.3 is 4.74 Å². The molecular weight excluding hydrogens is 220 g/mol. The van der Waals surface area contributed by atoms with Crippen molar-refractivity contribution in [3.63, 3.8) is 0 Å². The lowest BCUT2D eigenvalue weighted by atomic mass is 9.87. The van der Waals surface area contributed by atoms with E-state index in [1.165, 1.54) is 23.1 Å². The zero-order valence-electron chi connectivity index (χ0n) is 12.4. The van der Waals surface area contributed by atoms with Crippen LogP contribution in [0.25, 0.3) is 0 Å². The highest BCUT2D eigenvalue weighted by molar-refractivity contribution is 5.45. The molecule has 0 amide bonds. The largest absolute Gasteiger partial charge is 0.496 e. The molecule has 0 heterocycles. The normalized spacial score (nSPS) is 12.9. The lowest BCUT2D eigenvalue weighted by Gasteiger charge is -2.19. The second-order valence-corrected chi connectivity index (χ2v) is 4.83. The van der Waals surface area contributed by atoms with Crippen molar-refractivity contribution >= 4 is 0 Å². The van der Waals surface area contributed by atoms with E-state index in [0.717, 1.165) is 18.6 Å². The number of methoxy groups -OCH3 is 1. The number of hydrogen-bond acceptors (Lipinski definition) is 1. The molecule has 0 aliphatic rings. The van der Waals surface area contributed by atoms with Crippen molar-refractivity contribution < 1.29 is 4.74 Å². The van der Waals surface area contributed by atoms with Crippen molar-refractivity contribution in [1.29, 1.82) is 0 Å². The first-order valence-corrected chi connectivity index (χ1v) is 6.94. The van der Waals surface area contributed by atoms with Gasteiger partial charge in [-0.3, -0.25) is 0 Å². The summed E-state index contributed by atoms with van der Waals surface area (Å²) in [5, 5.41) is 0. The Balaban J connectivity index is 2.99. The van der Waals surface area contributed by atoms with Crippen molar-refractivity contribution in [1.82, 2.24) is 0 Å². The van der Waals surface area contributed by atoms with Crippen LogP contribution in [-0.2, 0) is 0 Å². The maximum Gasteiger partial charge on any atom is 0.122 e. The molecule has 1 unspecified atom stereocenters. The standard InChI is InChI=1S/C17H26O/c1-6-8-9-10-15(7-2)16-11-12-17(18-5)14(4)13(16)3/h8-9,11-12,15H,6-7,10H2,1-5H3/b9-8-. The van der Waals surface area contributed by atoms with Crippen LogP contribution in [0.5, 0.6) is 5.75 Å². The highest BCUT2D eigenvalue weighted by Crippen LogP contribution is 2.32. The molecule has 0 saturated heterocycles. The molecule has 0 bridgehead atoms. The quantitative estimate of drug-likeness (QED) is 0.630. The molecular formula is C17H26O. The number of ether oxygens (including phenoxy) is 1. The molecule has 1 rings (SSSR count). The van der Waals surface area contributed by atoms with Gasteiger partial charge in [0, 0.05) is 0 Å². The number of hydrogen-bond donors (Lipinski definition) is 0. The predicted molar refractivity (Wildman–Crippen MR) is 79.5 cm³/mol. The summed E-state index contributed by atoms with van der Waals surface area (Å²) in [7, 11) is 1.74. The van der Waals surface area contributed by atoms with E-state index in [1.807, 2.05) is 0 Å². The third kappa shape index (κ3) is 3.38. The van der Waals surface area contributed by atoms with Crippen LogP contribution in [0.3, 0.4) is 0 Å². The third-order valence-corrected chi connectivity index (χ3v) is 3.75. The Morgan fingerprint density at radius 2 is 1.83 bits per heavy atom. The van der Waals surface area contributed by atoms with Crippen molar-refractivity contribution in [2.45, 2.75) is 52.9 Å². The average Bonchev–Trinajstić information content (AvgIpc) is 2.39. The Labute approximate surface area is 112 Å². The van der Waals surface area contributed by atoms with Gasteiger partial charge >= 0.3 is 0 Å². The van der Waals surface area contributed by atoms with Crippen LogP contribution in [0.15, 0.2) is 24.3 Å². The van der Waals surface area contributed by atoms with E-state index in [0.29, 0.717) is 5.92 Å². The number of rotatable bonds is 6. The second kappa shape index (κ2) is 7.25. The summed E-state index contributed by atoms with van der Waals surface area (Å²) in [5.41, 5.74) is 4.12. The molecule has 0 N–H and O–H groups in total. The van der Waals surface area contributed by atoms with Crippen molar-refractivity contribution in [3.05, 3.63) is 41.0 Å². The number of benzene rings is 1. The fourth-order valence-corrected chi connectivity index (χ4v) is 2.42. The third-order valence-electron chi connectivity index (χ3n) is 3.75. The van der Waals surface area contributed by atoms with Gasteiger partial charge in [0.25, 0.3) is 0 Å². The first kappa shape index (κ1) is 14.8.